The fourth-order valence-corrected chi connectivity index (χ4v) is 3.75. The summed E-state index contributed by atoms with van der Waals surface area (Å²) in [5.41, 5.74) is 7.65. The van der Waals surface area contributed by atoms with Gasteiger partial charge in [-0.3, -0.25) is 0 Å². The van der Waals surface area contributed by atoms with E-state index in [4.69, 9.17) is 27.4 Å². The predicted octanol–water partition coefficient (Wildman–Crippen LogP) is 3.27. The molecule has 1 fully saturated rings. The summed E-state index contributed by atoms with van der Waals surface area (Å²) in [4.78, 5) is 2.52. The van der Waals surface area contributed by atoms with E-state index in [2.05, 4.69) is 24.0 Å². The minimum Gasteiger partial charge on any atom is -0.427 e. The number of unbranched alkanes of at least 4 members (excludes halogenated alkanes) is 1. The highest BCUT2D eigenvalue weighted by molar-refractivity contribution is 6.40. The molecule has 0 spiro atoms. The molecular weight excluding hydrogens is 334 g/mol. The first kappa shape index (κ1) is 20.7. The normalized spacial score (nSPS) is 18.9. The van der Waals surface area contributed by atoms with Gasteiger partial charge in [0.2, 0.25) is 0 Å². The molecule has 6 heteroatoms. The first-order chi connectivity index (χ1) is 11.9. The standard InChI is InChI=1S/C19H32BClN2O2/c1-19(22,10-2-3-12-20(24)25)11-15-23-13-8-17(9-14-23)16-4-6-18(21)7-5-16/h4-7,17,24-25H,2-3,8-15,22H2,1H3. The minimum atomic E-state index is -1.19. The zero-order valence-electron chi connectivity index (χ0n) is 15.3. The number of hydrogen-bond donors (Lipinski definition) is 3. The number of rotatable bonds is 9. The molecule has 1 aliphatic rings. The molecule has 4 N–H and O–H groups in total. The molecule has 1 heterocycles. The molecule has 0 aliphatic carbocycles. The van der Waals surface area contributed by atoms with Gasteiger partial charge in [0.15, 0.2) is 0 Å². The average Bonchev–Trinajstić information content (AvgIpc) is 2.58. The third-order valence-electron chi connectivity index (χ3n) is 5.39. The van der Waals surface area contributed by atoms with Gasteiger partial charge in [-0.05, 0) is 82.2 Å². The van der Waals surface area contributed by atoms with E-state index in [1.54, 1.807) is 0 Å². The Hall–Kier alpha value is -0.585. The van der Waals surface area contributed by atoms with E-state index in [1.807, 2.05) is 12.1 Å². The molecule has 4 nitrogen and oxygen atoms in total. The Balaban J connectivity index is 1.66. The molecule has 0 saturated carbocycles. The average molecular weight is 367 g/mol. The molecule has 1 aromatic rings. The number of halogens is 1. The Morgan fingerprint density at radius 2 is 1.80 bits per heavy atom. The van der Waals surface area contributed by atoms with E-state index >= 15 is 0 Å². The molecule has 0 radical (unpaired) electrons. The largest absolute Gasteiger partial charge is 0.451 e. The predicted molar refractivity (Wildman–Crippen MR) is 106 cm³/mol. The van der Waals surface area contributed by atoms with E-state index < -0.39 is 7.12 Å². The van der Waals surface area contributed by atoms with Crippen LogP contribution < -0.4 is 5.73 Å². The number of likely N-dealkylation sites (tertiary alicyclic amines) is 1. The molecule has 25 heavy (non-hydrogen) atoms. The van der Waals surface area contributed by atoms with E-state index in [0.717, 1.165) is 50.3 Å². The van der Waals surface area contributed by atoms with Crippen molar-refractivity contribution in [1.29, 1.82) is 0 Å². The Morgan fingerprint density at radius 1 is 1.16 bits per heavy atom. The highest BCUT2D eigenvalue weighted by Gasteiger charge is 2.24. The maximum Gasteiger partial charge on any atom is 0.451 e. The van der Waals surface area contributed by atoms with Crippen molar-refractivity contribution < 1.29 is 10.0 Å². The lowest BCUT2D eigenvalue weighted by atomic mass is 9.82. The monoisotopic (exact) mass is 366 g/mol. The molecule has 0 aromatic heterocycles. The van der Waals surface area contributed by atoms with Gasteiger partial charge in [0, 0.05) is 10.6 Å². The summed E-state index contributed by atoms with van der Waals surface area (Å²) in [7, 11) is -1.19. The summed E-state index contributed by atoms with van der Waals surface area (Å²) in [6, 6.07) is 8.28. The van der Waals surface area contributed by atoms with Gasteiger partial charge >= 0.3 is 7.12 Å². The molecule has 0 bridgehead atoms. The molecular formula is C19H32BClN2O2. The number of piperidine rings is 1. The van der Waals surface area contributed by atoms with Crippen LogP contribution in [0, 0.1) is 0 Å². The summed E-state index contributed by atoms with van der Waals surface area (Å²) < 4.78 is 0. The van der Waals surface area contributed by atoms with E-state index in [1.165, 1.54) is 18.4 Å². The van der Waals surface area contributed by atoms with Crippen molar-refractivity contribution in [2.45, 2.75) is 63.2 Å². The van der Waals surface area contributed by atoms with Crippen molar-refractivity contribution in [2.75, 3.05) is 19.6 Å². The van der Waals surface area contributed by atoms with Crippen LogP contribution in [0.2, 0.25) is 11.3 Å². The summed E-state index contributed by atoms with van der Waals surface area (Å²) in [6.45, 7) is 5.41. The summed E-state index contributed by atoms with van der Waals surface area (Å²) in [5, 5.41) is 18.6. The minimum absolute atomic E-state index is 0.173. The maximum atomic E-state index is 8.88. The highest BCUT2D eigenvalue weighted by Crippen LogP contribution is 2.29. The van der Waals surface area contributed by atoms with Crippen LogP contribution in [0.5, 0.6) is 0 Å². The first-order valence-corrected chi connectivity index (χ1v) is 9.86. The second-order valence-corrected chi connectivity index (χ2v) is 8.23. The molecule has 140 valence electrons. The molecule has 1 atom stereocenters. The van der Waals surface area contributed by atoms with Crippen LogP contribution in [0.25, 0.3) is 0 Å². The third kappa shape index (κ3) is 7.67. The molecule has 1 saturated heterocycles. The zero-order valence-corrected chi connectivity index (χ0v) is 16.1. The van der Waals surface area contributed by atoms with Crippen LogP contribution >= 0.6 is 11.6 Å². The lowest BCUT2D eigenvalue weighted by Gasteiger charge is -2.34. The first-order valence-electron chi connectivity index (χ1n) is 9.48. The van der Waals surface area contributed by atoms with Crippen LogP contribution in [-0.4, -0.2) is 47.2 Å². The van der Waals surface area contributed by atoms with Gasteiger partial charge in [-0.2, -0.15) is 0 Å². The second kappa shape index (κ2) is 9.93. The Kier molecular flexibility index (Phi) is 8.23. The highest BCUT2D eigenvalue weighted by atomic mass is 35.5. The van der Waals surface area contributed by atoms with Gasteiger partial charge in [0.05, 0.1) is 0 Å². The van der Waals surface area contributed by atoms with Crippen LogP contribution in [0.15, 0.2) is 24.3 Å². The summed E-state index contributed by atoms with van der Waals surface area (Å²) in [5.74, 6) is 0.641. The lowest BCUT2D eigenvalue weighted by Crippen LogP contribution is -2.42. The van der Waals surface area contributed by atoms with Gasteiger partial charge in [0.1, 0.15) is 0 Å². The molecule has 1 aromatic carbocycles. The molecule has 0 amide bonds. The van der Waals surface area contributed by atoms with Crippen molar-refractivity contribution in [3.8, 4) is 0 Å². The molecule has 1 unspecified atom stereocenters. The summed E-state index contributed by atoms with van der Waals surface area (Å²) in [6.07, 6.45) is 6.50. The van der Waals surface area contributed by atoms with Gasteiger partial charge < -0.3 is 20.7 Å². The fraction of sp³-hybridized carbons (Fsp3) is 0.684. The quantitative estimate of drug-likeness (QED) is 0.463. The van der Waals surface area contributed by atoms with Crippen LogP contribution in [-0.2, 0) is 0 Å². The number of benzene rings is 1. The SMILES string of the molecule is CC(N)(CCCCB(O)O)CCN1CCC(c2ccc(Cl)cc2)CC1. The Bertz CT molecular complexity index is 503. The number of hydrogen-bond acceptors (Lipinski definition) is 4. The fourth-order valence-electron chi connectivity index (χ4n) is 3.62. The van der Waals surface area contributed by atoms with Gasteiger partial charge in [0.25, 0.3) is 0 Å². The number of nitrogens with zero attached hydrogens (tertiary/aromatic N) is 1. The van der Waals surface area contributed by atoms with Crippen molar-refractivity contribution in [1.82, 2.24) is 4.90 Å². The maximum absolute atomic E-state index is 8.88. The Morgan fingerprint density at radius 3 is 2.40 bits per heavy atom. The van der Waals surface area contributed by atoms with Crippen LogP contribution in [0.3, 0.4) is 0 Å². The topological polar surface area (TPSA) is 69.7 Å². The molecule has 1 aliphatic heterocycles. The smallest absolute Gasteiger partial charge is 0.427 e. The zero-order chi connectivity index (χ0) is 18.3. The third-order valence-corrected chi connectivity index (χ3v) is 5.64. The van der Waals surface area contributed by atoms with E-state index in [-0.39, 0.29) is 5.54 Å². The van der Waals surface area contributed by atoms with Crippen LogP contribution in [0.4, 0.5) is 0 Å². The van der Waals surface area contributed by atoms with Gasteiger partial charge in [-0.25, -0.2) is 0 Å². The number of nitrogens with two attached hydrogens (primary N) is 1. The molecule has 2 rings (SSSR count). The van der Waals surface area contributed by atoms with Crippen molar-refractivity contribution >= 4 is 18.7 Å². The van der Waals surface area contributed by atoms with E-state index in [0.29, 0.717) is 12.2 Å². The van der Waals surface area contributed by atoms with Crippen LogP contribution in [0.1, 0.15) is 56.9 Å². The van der Waals surface area contributed by atoms with Crippen molar-refractivity contribution in [2.24, 2.45) is 5.73 Å². The lowest BCUT2D eigenvalue weighted by molar-refractivity contribution is 0.191. The summed E-state index contributed by atoms with van der Waals surface area (Å²) >= 11 is 5.97. The van der Waals surface area contributed by atoms with Gasteiger partial charge in [-0.15, -0.1) is 0 Å². The Labute approximate surface area is 157 Å². The van der Waals surface area contributed by atoms with Crippen molar-refractivity contribution in [3.05, 3.63) is 34.9 Å². The van der Waals surface area contributed by atoms with E-state index in [9.17, 15) is 0 Å². The van der Waals surface area contributed by atoms with Crippen molar-refractivity contribution in [3.63, 3.8) is 0 Å². The second-order valence-electron chi connectivity index (χ2n) is 7.80. The van der Waals surface area contributed by atoms with Gasteiger partial charge in [-0.1, -0.05) is 36.6 Å².